The maximum Gasteiger partial charge on any atom is 0.184 e. The van der Waals surface area contributed by atoms with Crippen LogP contribution in [-0.2, 0) is 20.4 Å². The molecule has 0 fully saturated rings. The topological polar surface area (TPSA) is 112 Å². The number of carbonyl (C=O) groups excluding carboxylic acids is 1. The molecule has 0 spiro atoms. The fourth-order valence-corrected chi connectivity index (χ4v) is 3.14. The number of carbonyl (C=O) groups is 1. The molecule has 1 rings (SSSR count). The molecule has 0 saturated carbocycles. The number of Topliss-reactive ketones (excluding diaryl/α,β-unsaturated/α-hetero) is 1. The van der Waals surface area contributed by atoms with Crippen molar-refractivity contribution in [2.75, 3.05) is 0 Å². The van der Waals surface area contributed by atoms with E-state index in [1.165, 1.54) is 6.92 Å². The molecule has 20 heavy (non-hydrogen) atoms. The first-order valence-corrected chi connectivity index (χ1v) is 7.74. The third-order valence-electron chi connectivity index (χ3n) is 2.76. The van der Waals surface area contributed by atoms with Crippen LogP contribution in [0.15, 0.2) is 30.3 Å². The Morgan fingerprint density at radius 1 is 1.15 bits per heavy atom. The van der Waals surface area contributed by atoms with E-state index in [1.807, 2.05) is 0 Å². The van der Waals surface area contributed by atoms with Gasteiger partial charge in [0.1, 0.15) is 11.9 Å². The summed E-state index contributed by atoms with van der Waals surface area (Å²) in [6.45, 7) is 1.20. The quantitative estimate of drug-likeness (QED) is 0.633. The smallest absolute Gasteiger partial charge is 0.184 e. The first-order chi connectivity index (χ1) is 9.24. The molecule has 1 aromatic rings. The predicted molar refractivity (Wildman–Crippen MR) is 72.4 cm³/mol. The number of aliphatic hydroxyl groups excluding tert-OH is 3. The van der Waals surface area contributed by atoms with E-state index < -0.39 is 45.4 Å². The van der Waals surface area contributed by atoms with Crippen molar-refractivity contribution < 1.29 is 28.5 Å². The largest absolute Gasteiger partial charge is 0.390 e. The van der Waals surface area contributed by atoms with Gasteiger partial charge in [-0.3, -0.25) is 4.79 Å². The molecule has 0 aliphatic rings. The van der Waals surface area contributed by atoms with Gasteiger partial charge < -0.3 is 15.3 Å². The summed E-state index contributed by atoms with van der Waals surface area (Å²) in [5.74, 6) is -0.872. The fraction of sp³-hybridized carbons (Fsp3) is 0.462. The molecule has 1 aromatic carbocycles. The Bertz CT molecular complexity index is 539. The van der Waals surface area contributed by atoms with Crippen molar-refractivity contribution in [3.8, 4) is 0 Å². The first kappa shape index (κ1) is 16.8. The average Bonchev–Trinajstić information content (AvgIpc) is 2.36. The van der Waals surface area contributed by atoms with Crippen molar-refractivity contribution in [1.29, 1.82) is 0 Å². The highest BCUT2D eigenvalue weighted by Crippen LogP contribution is 2.15. The summed E-state index contributed by atoms with van der Waals surface area (Å²) in [6, 6.07) is 8.17. The molecular weight excluding hydrogens is 284 g/mol. The van der Waals surface area contributed by atoms with Crippen LogP contribution in [0.1, 0.15) is 18.9 Å². The third-order valence-corrected chi connectivity index (χ3v) is 4.51. The second-order valence-corrected chi connectivity index (χ2v) is 6.74. The van der Waals surface area contributed by atoms with Crippen LogP contribution >= 0.6 is 0 Å². The number of hydrogen-bond acceptors (Lipinski definition) is 6. The van der Waals surface area contributed by atoms with Crippen molar-refractivity contribution >= 4 is 15.6 Å². The zero-order valence-electron chi connectivity index (χ0n) is 11.0. The van der Waals surface area contributed by atoms with E-state index in [0.29, 0.717) is 5.56 Å². The summed E-state index contributed by atoms with van der Waals surface area (Å²) in [4.78, 5) is 10.8. The van der Waals surface area contributed by atoms with Crippen molar-refractivity contribution in [2.45, 2.75) is 36.7 Å². The highest BCUT2D eigenvalue weighted by atomic mass is 32.2. The number of aliphatic hydroxyl groups is 3. The van der Waals surface area contributed by atoms with Gasteiger partial charge in [-0.05, 0) is 12.5 Å². The third kappa shape index (κ3) is 4.68. The highest BCUT2D eigenvalue weighted by Gasteiger charge is 2.35. The SMILES string of the molecule is CC(=O)C[C@H](O)[C@H](O)C(O)S(=O)(=O)Cc1ccccc1. The number of sulfone groups is 1. The van der Waals surface area contributed by atoms with Crippen LogP contribution in [0.5, 0.6) is 0 Å². The van der Waals surface area contributed by atoms with Gasteiger partial charge in [0, 0.05) is 6.42 Å². The molecule has 0 aromatic heterocycles. The summed E-state index contributed by atoms with van der Waals surface area (Å²) in [5.41, 5.74) is -1.68. The zero-order chi connectivity index (χ0) is 15.3. The molecule has 0 bridgehead atoms. The molecule has 0 heterocycles. The van der Waals surface area contributed by atoms with E-state index in [-0.39, 0.29) is 0 Å². The maximum atomic E-state index is 11.9. The van der Waals surface area contributed by atoms with E-state index in [4.69, 9.17) is 0 Å². The molecular formula is C13H18O6S. The Hall–Kier alpha value is -1.28. The molecule has 112 valence electrons. The molecule has 1 unspecified atom stereocenters. The van der Waals surface area contributed by atoms with Crippen molar-refractivity contribution in [2.24, 2.45) is 0 Å². The summed E-state index contributed by atoms with van der Waals surface area (Å²) in [6.07, 6.45) is -3.96. The predicted octanol–water partition coefficient (Wildman–Crippen LogP) is -0.379. The molecule has 0 radical (unpaired) electrons. The Kier molecular flexibility index (Phi) is 5.82. The zero-order valence-corrected chi connectivity index (χ0v) is 11.8. The second kappa shape index (κ2) is 6.94. The van der Waals surface area contributed by atoms with Gasteiger partial charge >= 0.3 is 0 Å². The minimum Gasteiger partial charge on any atom is -0.390 e. The molecule has 6 nitrogen and oxygen atoms in total. The molecule has 3 atom stereocenters. The van der Waals surface area contributed by atoms with E-state index in [9.17, 15) is 28.5 Å². The van der Waals surface area contributed by atoms with Crippen LogP contribution in [0.25, 0.3) is 0 Å². The fourth-order valence-electron chi connectivity index (χ4n) is 1.71. The first-order valence-electron chi connectivity index (χ1n) is 6.03. The molecule has 0 amide bonds. The van der Waals surface area contributed by atoms with Crippen LogP contribution in [0, 0.1) is 0 Å². The Balaban J connectivity index is 2.78. The minimum atomic E-state index is -4.06. The van der Waals surface area contributed by atoms with Crippen molar-refractivity contribution in [1.82, 2.24) is 0 Å². The standard InChI is InChI=1S/C13H18O6S/c1-9(14)7-11(15)12(16)13(17)20(18,19)8-10-5-3-2-4-6-10/h2-6,11-13,15-17H,7-8H2,1H3/t11-,12-,13?/m0/s1. The number of ketones is 1. The Labute approximate surface area is 117 Å². The maximum absolute atomic E-state index is 11.9. The number of hydrogen-bond donors (Lipinski definition) is 3. The van der Waals surface area contributed by atoms with Crippen molar-refractivity contribution in [3.05, 3.63) is 35.9 Å². The lowest BCUT2D eigenvalue weighted by Crippen LogP contribution is -2.43. The van der Waals surface area contributed by atoms with Crippen LogP contribution in [0.4, 0.5) is 0 Å². The lowest BCUT2D eigenvalue weighted by molar-refractivity contribution is -0.121. The van der Waals surface area contributed by atoms with Crippen LogP contribution < -0.4 is 0 Å². The molecule has 0 aliphatic carbocycles. The summed E-state index contributed by atoms with van der Waals surface area (Å²) in [5, 5.41) is 28.8. The van der Waals surface area contributed by atoms with Gasteiger partial charge in [-0.15, -0.1) is 0 Å². The minimum absolute atomic E-state index is 0.413. The van der Waals surface area contributed by atoms with Gasteiger partial charge in [0.2, 0.25) is 0 Å². The molecule has 0 saturated heterocycles. The number of benzene rings is 1. The van der Waals surface area contributed by atoms with Gasteiger partial charge in [-0.2, -0.15) is 0 Å². The van der Waals surface area contributed by atoms with Gasteiger partial charge in [-0.1, -0.05) is 30.3 Å². The molecule has 7 heteroatoms. The van der Waals surface area contributed by atoms with Crippen LogP contribution in [0.2, 0.25) is 0 Å². The molecule has 3 N–H and O–H groups in total. The lowest BCUT2D eigenvalue weighted by atomic mass is 10.1. The summed E-state index contributed by atoms with van der Waals surface area (Å²) in [7, 11) is -4.06. The number of rotatable bonds is 7. The van der Waals surface area contributed by atoms with Gasteiger partial charge in [-0.25, -0.2) is 8.42 Å². The lowest BCUT2D eigenvalue weighted by Gasteiger charge is -2.22. The van der Waals surface area contributed by atoms with Crippen LogP contribution in [0.3, 0.4) is 0 Å². The van der Waals surface area contributed by atoms with Gasteiger partial charge in [0.25, 0.3) is 0 Å². The van der Waals surface area contributed by atoms with E-state index in [2.05, 4.69) is 0 Å². The highest BCUT2D eigenvalue weighted by molar-refractivity contribution is 7.91. The van der Waals surface area contributed by atoms with E-state index in [1.54, 1.807) is 30.3 Å². The Morgan fingerprint density at radius 3 is 2.20 bits per heavy atom. The van der Waals surface area contributed by atoms with E-state index >= 15 is 0 Å². The average molecular weight is 302 g/mol. The van der Waals surface area contributed by atoms with Gasteiger partial charge in [0.15, 0.2) is 15.3 Å². The monoisotopic (exact) mass is 302 g/mol. The normalized spacial score (nSPS) is 16.4. The summed E-state index contributed by atoms with van der Waals surface area (Å²) >= 11 is 0. The molecule has 0 aliphatic heterocycles. The second-order valence-electron chi connectivity index (χ2n) is 4.65. The summed E-state index contributed by atoms with van der Waals surface area (Å²) < 4.78 is 23.9. The Morgan fingerprint density at radius 2 is 1.70 bits per heavy atom. The van der Waals surface area contributed by atoms with E-state index in [0.717, 1.165) is 0 Å². The van der Waals surface area contributed by atoms with Crippen LogP contribution in [-0.4, -0.2) is 47.2 Å². The van der Waals surface area contributed by atoms with Gasteiger partial charge in [0.05, 0.1) is 11.9 Å². The van der Waals surface area contributed by atoms with Crippen molar-refractivity contribution in [3.63, 3.8) is 0 Å².